The summed E-state index contributed by atoms with van der Waals surface area (Å²) >= 11 is 0. The lowest BCUT2D eigenvalue weighted by Gasteiger charge is -2.21. The molecular formula is C11H9F3. The molecule has 2 rings (SSSR count). The Morgan fingerprint density at radius 3 is 2.57 bits per heavy atom. The first-order valence-corrected chi connectivity index (χ1v) is 4.40. The predicted molar refractivity (Wildman–Crippen MR) is 48.7 cm³/mol. The summed E-state index contributed by atoms with van der Waals surface area (Å²) in [5.41, 5.74) is 1.67. The molecule has 1 aromatic rings. The van der Waals surface area contributed by atoms with E-state index in [2.05, 4.69) is 0 Å². The maximum atomic E-state index is 12.4. The fourth-order valence-corrected chi connectivity index (χ4v) is 1.63. The van der Waals surface area contributed by atoms with Crippen molar-refractivity contribution in [3.05, 3.63) is 41.5 Å². The van der Waals surface area contributed by atoms with Gasteiger partial charge in [0.25, 0.3) is 0 Å². The van der Waals surface area contributed by atoms with Gasteiger partial charge in [0.05, 0.1) is 5.92 Å². The lowest BCUT2D eigenvalue weighted by atomic mass is 9.89. The van der Waals surface area contributed by atoms with Crippen molar-refractivity contribution in [2.45, 2.75) is 12.6 Å². The number of rotatable bonds is 0. The van der Waals surface area contributed by atoms with Gasteiger partial charge in [-0.3, -0.25) is 0 Å². The van der Waals surface area contributed by atoms with Crippen LogP contribution in [-0.2, 0) is 6.42 Å². The van der Waals surface area contributed by atoms with Crippen LogP contribution in [0.3, 0.4) is 0 Å². The first kappa shape index (κ1) is 9.31. The van der Waals surface area contributed by atoms with Crippen molar-refractivity contribution >= 4 is 6.08 Å². The fraction of sp³-hybridized carbons (Fsp3) is 0.273. The van der Waals surface area contributed by atoms with Gasteiger partial charge in [-0.05, 0) is 17.5 Å². The molecule has 3 heteroatoms. The van der Waals surface area contributed by atoms with Crippen molar-refractivity contribution in [2.24, 2.45) is 5.92 Å². The molecule has 0 aromatic heterocycles. The lowest BCUT2D eigenvalue weighted by molar-refractivity contribution is -0.160. The Kier molecular flexibility index (Phi) is 2.10. The molecule has 0 N–H and O–H groups in total. The van der Waals surface area contributed by atoms with Crippen LogP contribution in [0.1, 0.15) is 11.1 Å². The maximum absolute atomic E-state index is 12.4. The van der Waals surface area contributed by atoms with Crippen LogP contribution in [0.2, 0.25) is 0 Å². The highest BCUT2D eigenvalue weighted by atomic mass is 19.4. The third-order valence-electron chi connectivity index (χ3n) is 2.42. The van der Waals surface area contributed by atoms with Gasteiger partial charge >= 0.3 is 6.18 Å². The van der Waals surface area contributed by atoms with Gasteiger partial charge in [-0.2, -0.15) is 13.2 Å². The van der Waals surface area contributed by atoms with Crippen molar-refractivity contribution in [1.29, 1.82) is 0 Å². The van der Waals surface area contributed by atoms with Crippen LogP contribution in [-0.4, -0.2) is 6.18 Å². The zero-order valence-electron chi connectivity index (χ0n) is 7.38. The summed E-state index contributed by atoms with van der Waals surface area (Å²) in [7, 11) is 0. The zero-order chi connectivity index (χ0) is 10.2. The van der Waals surface area contributed by atoms with Crippen molar-refractivity contribution in [3.63, 3.8) is 0 Å². The number of fused-ring (bicyclic) bond motifs is 1. The van der Waals surface area contributed by atoms with E-state index >= 15 is 0 Å². The van der Waals surface area contributed by atoms with Crippen LogP contribution in [0.4, 0.5) is 13.2 Å². The molecule has 14 heavy (non-hydrogen) atoms. The second-order valence-electron chi connectivity index (χ2n) is 3.41. The molecule has 0 fully saturated rings. The van der Waals surface area contributed by atoms with Crippen molar-refractivity contribution < 1.29 is 13.2 Å². The summed E-state index contributed by atoms with van der Waals surface area (Å²) in [4.78, 5) is 0. The molecule has 1 aliphatic rings. The fourth-order valence-electron chi connectivity index (χ4n) is 1.63. The van der Waals surface area contributed by atoms with Gasteiger partial charge in [-0.15, -0.1) is 0 Å². The van der Waals surface area contributed by atoms with E-state index < -0.39 is 12.1 Å². The highest BCUT2D eigenvalue weighted by molar-refractivity contribution is 5.56. The van der Waals surface area contributed by atoms with Gasteiger partial charge in [-0.25, -0.2) is 0 Å². The second kappa shape index (κ2) is 3.15. The molecule has 0 saturated heterocycles. The molecule has 0 unspecified atom stereocenters. The first-order valence-electron chi connectivity index (χ1n) is 4.40. The average molecular weight is 198 g/mol. The summed E-state index contributed by atoms with van der Waals surface area (Å²) in [5, 5.41) is 0. The van der Waals surface area contributed by atoms with Crippen LogP contribution >= 0.6 is 0 Å². The van der Waals surface area contributed by atoms with E-state index in [0.29, 0.717) is 0 Å². The average Bonchev–Trinajstić information content (AvgIpc) is 2.16. The van der Waals surface area contributed by atoms with E-state index in [1.54, 1.807) is 18.2 Å². The third kappa shape index (κ3) is 1.67. The normalized spacial score (nSPS) is 20.6. The molecule has 1 aliphatic carbocycles. The van der Waals surface area contributed by atoms with Crippen LogP contribution in [0.15, 0.2) is 30.3 Å². The number of benzene rings is 1. The summed E-state index contributed by atoms with van der Waals surface area (Å²) in [6, 6.07) is 7.18. The zero-order valence-corrected chi connectivity index (χ0v) is 7.38. The van der Waals surface area contributed by atoms with Gasteiger partial charge in [0.1, 0.15) is 0 Å². The Morgan fingerprint density at radius 2 is 1.86 bits per heavy atom. The topological polar surface area (TPSA) is 0 Å². The summed E-state index contributed by atoms with van der Waals surface area (Å²) in [6.07, 6.45) is -1.26. The minimum absolute atomic E-state index is 0.0656. The van der Waals surface area contributed by atoms with Crippen LogP contribution in [0, 0.1) is 5.92 Å². The molecule has 74 valence electrons. The molecular weight excluding hydrogens is 189 g/mol. The van der Waals surface area contributed by atoms with Crippen molar-refractivity contribution in [2.75, 3.05) is 0 Å². The summed E-state index contributed by atoms with van der Waals surface area (Å²) < 4.78 is 37.2. The summed E-state index contributed by atoms with van der Waals surface area (Å²) in [5.74, 6) is -1.32. The number of hydrogen-bond donors (Lipinski definition) is 0. The standard InChI is InChI=1S/C11H9F3/c12-11(13,14)10-6-5-8-3-1-2-4-9(8)7-10/h1-6,10H,7H2/t10-/m1/s1. The van der Waals surface area contributed by atoms with Gasteiger partial charge in [-0.1, -0.05) is 36.4 Å². The maximum Gasteiger partial charge on any atom is 0.395 e. The molecule has 0 spiro atoms. The first-order chi connectivity index (χ1) is 6.57. The number of hydrogen-bond acceptors (Lipinski definition) is 0. The Balaban J connectivity index is 2.30. The highest BCUT2D eigenvalue weighted by Crippen LogP contribution is 2.34. The minimum atomic E-state index is -4.12. The van der Waals surface area contributed by atoms with Crippen molar-refractivity contribution in [1.82, 2.24) is 0 Å². The van der Waals surface area contributed by atoms with E-state index in [1.807, 2.05) is 12.1 Å². The van der Waals surface area contributed by atoms with Gasteiger partial charge in [0, 0.05) is 0 Å². The quantitative estimate of drug-likeness (QED) is 0.599. The number of halogens is 3. The van der Waals surface area contributed by atoms with E-state index in [-0.39, 0.29) is 6.42 Å². The van der Waals surface area contributed by atoms with Crippen LogP contribution in [0.25, 0.3) is 6.08 Å². The van der Waals surface area contributed by atoms with Crippen LogP contribution < -0.4 is 0 Å². The molecule has 0 amide bonds. The number of alkyl halides is 3. The monoisotopic (exact) mass is 198 g/mol. The van der Waals surface area contributed by atoms with Gasteiger partial charge < -0.3 is 0 Å². The Hall–Kier alpha value is -1.25. The van der Waals surface area contributed by atoms with E-state index in [1.165, 1.54) is 6.08 Å². The predicted octanol–water partition coefficient (Wildman–Crippen LogP) is 3.43. The molecule has 0 aliphatic heterocycles. The smallest absolute Gasteiger partial charge is 0.170 e. The molecule has 0 heterocycles. The van der Waals surface area contributed by atoms with E-state index in [0.717, 1.165) is 11.1 Å². The molecule has 0 radical (unpaired) electrons. The van der Waals surface area contributed by atoms with E-state index in [9.17, 15) is 13.2 Å². The molecule has 0 nitrogen and oxygen atoms in total. The molecule has 1 atom stereocenters. The Morgan fingerprint density at radius 1 is 1.14 bits per heavy atom. The highest BCUT2D eigenvalue weighted by Gasteiger charge is 2.38. The molecule has 0 bridgehead atoms. The molecule has 1 aromatic carbocycles. The number of allylic oxidation sites excluding steroid dienone is 1. The minimum Gasteiger partial charge on any atom is -0.170 e. The largest absolute Gasteiger partial charge is 0.395 e. The van der Waals surface area contributed by atoms with Gasteiger partial charge in [0.15, 0.2) is 0 Å². The lowest BCUT2D eigenvalue weighted by Crippen LogP contribution is -2.24. The molecule has 0 saturated carbocycles. The second-order valence-corrected chi connectivity index (χ2v) is 3.41. The third-order valence-corrected chi connectivity index (χ3v) is 2.42. The summed E-state index contributed by atoms with van der Waals surface area (Å²) in [6.45, 7) is 0. The Bertz CT molecular complexity index is 363. The Labute approximate surface area is 80.1 Å². The van der Waals surface area contributed by atoms with E-state index in [4.69, 9.17) is 0 Å². The SMILES string of the molecule is FC(F)(F)[C@@H]1C=Cc2ccccc2C1. The van der Waals surface area contributed by atoms with Gasteiger partial charge in [0.2, 0.25) is 0 Å². The van der Waals surface area contributed by atoms with Crippen LogP contribution in [0.5, 0.6) is 0 Å². The van der Waals surface area contributed by atoms with Crippen molar-refractivity contribution in [3.8, 4) is 0 Å².